The molecule has 0 unspecified atom stereocenters. The first-order valence-electron chi connectivity index (χ1n) is 7.49. The molecule has 0 aliphatic heterocycles. The number of carbonyl (C=O) groups is 1. The van der Waals surface area contributed by atoms with E-state index in [4.69, 9.17) is 9.15 Å². The maximum Gasteiger partial charge on any atom is 0.336 e. The summed E-state index contributed by atoms with van der Waals surface area (Å²) in [5.41, 5.74) is 1.71. The Morgan fingerprint density at radius 3 is 2.71 bits per heavy atom. The summed E-state index contributed by atoms with van der Waals surface area (Å²) in [6, 6.07) is 16.6. The largest absolute Gasteiger partial charge is 0.460 e. The van der Waals surface area contributed by atoms with Crippen LogP contribution in [0, 0.1) is 6.92 Å². The van der Waals surface area contributed by atoms with Gasteiger partial charge in [0.1, 0.15) is 12.2 Å². The Morgan fingerprint density at radius 1 is 1.12 bits per heavy atom. The van der Waals surface area contributed by atoms with Gasteiger partial charge < -0.3 is 9.15 Å². The van der Waals surface area contributed by atoms with Crippen LogP contribution in [-0.2, 0) is 16.1 Å². The highest BCUT2D eigenvalue weighted by Gasteiger charge is 2.09. The van der Waals surface area contributed by atoms with Crippen LogP contribution < -0.4 is 5.63 Å². The van der Waals surface area contributed by atoms with Gasteiger partial charge in [0, 0.05) is 21.9 Å². The van der Waals surface area contributed by atoms with Gasteiger partial charge in [0.2, 0.25) is 0 Å². The van der Waals surface area contributed by atoms with Crippen molar-refractivity contribution in [3.05, 3.63) is 76.1 Å². The van der Waals surface area contributed by atoms with Crippen LogP contribution >= 0.6 is 11.8 Å². The molecule has 0 radical (unpaired) electrons. The summed E-state index contributed by atoms with van der Waals surface area (Å²) in [5.74, 6) is -0.0972. The number of benzene rings is 2. The molecule has 0 fully saturated rings. The average Bonchev–Trinajstić information content (AvgIpc) is 2.58. The van der Waals surface area contributed by atoms with Crippen molar-refractivity contribution in [2.45, 2.75) is 18.4 Å². The molecule has 4 nitrogen and oxygen atoms in total. The van der Waals surface area contributed by atoms with E-state index in [2.05, 4.69) is 0 Å². The van der Waals surface area contributed by atoms with Gasteiger partial charge in [-0.2, -0.15) is 0 Å². The Kier molecular flexibility index (Phi) is 5.01. The van der Waals surface area contributed by atoms with Crippen LogP contribution in [0.5, 0.6) is 0 Å². The maximum absolute atomic E-state index is 11.9. The average molecular weight is 340 g/mol. The lowest BCUT2D eigenvalue weighted by molar-refractivity contribution is -0.141. The van der Waals surface area contributed by atoms with Gasteiger partial charge in [0.05, 0.1) is 5.75 Å². The Labute approximate surface area is 143 Å². The highest BCUT2D eigenvalue weighted by atomic mass is 32.2. The monoisotopic (exact) mass is 340 g/mol. The lowest BCUT2D eigenvalue weighted by atomic mass is 10.1. The first-order chi connectivity index (χ1) is 11.6. The maximum atomic E-state index is 11.9. The van der Waals surface area contributed by atoms with Crippen LogP contribution in [0.4, 0.5) is 0 Å². The molecular formula is C19H16O4S. The first-order valence-corrected chi connectivity index (χ1v) is 8.47. The smallest absolute Gasteiger partial charge is 0.336 e. The minimum Gasteiger partial charge on any atom is -0.460 e. The second-order valence-corrected chi connectivity index (χ2v) is 6.40. The number of esters is 1. The molecule has 0 bridgehead atoms. The zero-order valence-corrected chi connectivity index (χ0v) is 14.0. The summed E-state index contributed by atoms with van der Waals surface area (Å²) < 4.78 is 10.5. The van der Waals surface area contributed by atoms with Gasteiger partial charge in [-0.3, -0.25) is 4.79 Å². The van der Waals surface area contributed by atoms with Crippen molar-refractivity contribution in [3.8, 4) is 0 Å². The summed E-state index contributed by atoms with van der Waals surface area (Å²) >= 11 is 1.42. The van der Waals surface area contributed by atoms with Crippen LogP contribution in [0.15, 0.2) is 68.7 Å². The number of fused-ring (bicyclic) bond motifs is 1. The molecule has 0 atom stereocenters. The standard InChI is InChI=1S/C19H16O4S/c1-13-7-8-16-14(10-18(20)23-17(16)9-13)11-22-19(21)12-24-15-5-3-2-4-6-15/h2-10H,11-12H2,1H3. The van der Waals surface area contributed by atoms with Crippen LogP contribution in [0.3, 0.4) is 0 Å². The van der Waals surface area contributed by atoms with Crippen molar-refractivity contribution in [2.24, 2.45) is 0 Å². The van der Waals surface area contributed by atoms with Crippen molar-refractivity contribution in [3.63, 3.8) is 0 Å². The quantitative estimate of drug-likeness (QED) is 0.400. The van der Waals surface area contributed by atoms with Gasteiger partial charge in [0.15, 0.2) is 0 Å². The van der Waals surface area contributed by atoms with Crippen molar-refractivity contribution in [2.75, 3.05) is 5.75 Å². The van der Waals surface area contributed by atoms with Crippen LogP contribution in [0.2, 0.25) is 0 Å². The van der Waals surface area contributed by atoms with E-state index in [-0.39, 0.29) is 18.3 Å². The molecule has 0 aliphatic rings. The van der Waals surface area contributed by atoms with Gasteiger partial charge in [-0.25, -0.2) is 4.79 Å². The lowest BCUT2D eigenvalue weighted by Gasteiger charge is -2.07. The normalized spacial score (nSPS) is 10.7. The summed E-state index contributed by atoms with van der Waals surface area (Å²) in [6.45, 7) is 1.98. The molecule has 3 aromatic rings. The minimum atomic E-state index is -0.446. The summed E-state index contributed by atoms with van der Waals surface area (Å²) in [5, 5.41) is 0.781. The molecule has 1 aromatic heterocycles. The van der Waals surface area contributed by atoms with E-state index >= 15 is 0 Å². The van der Waals surface area contributed by atoms with Crippen molar-refractivity contribution in [1.29, 1.82) is 0 Å². The van der Waals surface area contributed by atoms with Crippen molar-refractivity contribution < 1.29 is 13.9 Å². The van der Waals surface area contributed by atoms with Gasteiger partial charge in [-0.05, 0) is 30.7 Å². The molecule has 122 valence electrons. The number of carbonyl (C=O) groups excluding carboxylic acids is 1. The van der Waals surface area contributed by atoms with Crippen molar-refractivity contribution in [1.82, 2.24) is 0 Å². The highest BCUT2D eigenvalue weighted by molar-refractivity contribution is 8.00. The molecule has 0 saturated heterocycles. The number of ether oxygens (including phenoxy) is 1. The molecule has 0 saturated carbocycles. The van der Waals surface area contributed by atoms with Gasteiger partial charge in [0.25, 0.3) is 0 Å². The van der Waals surface area contributed by atoms with E-state index in [0.717, 1.165) is 15.8 Å². The van der Waals surface area contributed by atoms with E-state index < -0.39 is 5.63 Å². The lowest BCUT2D eigenvalue weighted by Crippen LogP contribution is -2.09. The van der Waals surface area contributed by atoms with E-state index in [0.29, 0.717) is 11.1 Å². The first kappa shape index (κ1) is 16.3. The predicted octanol–water partition coefficient (Wildman–Crippen LogP) is 3.94. The summed E-state index contributed by atoms with van der Waals surface area (Å²) in [6.07, 6.45) is 0. The zero-order valence-electron chi connectivity index (χ0n) is 13.2. The van der Waals surface area contributed by atoms with E-state index in [1.165, 1.54) is 17.8 Å². The number of thioether (sulfide) groups is 1. The Morgan fingerprint density at radius 2 is 1.92 bits per heavy atom. The van der Waals surface area contributed by atoms with Crippen LogP contribution in [0.25, 0.3) is 11.0 Å². The second kappa shape index (κ2) is 7.36. The molecule has 2 aromatic carbocycles. The number of hydrogen-bond donors (Lipinski definition) is 0. The second-order valence-electron chi connectivity index (χ2n) is 5.35. The third-order valence-electron chi connectivity index (χ3n) is 3.47. The number of hydrogen-bond acceptors (Lipinski definition) is 5. The van der Waals surface area contributed by atoms with Gasteiger partial charge in [-0.1, -0.05) is 30.3 Å². The summed E-state index contributed by atoms with van der Waals surface area (Å²) in [4.78, 5) is 24.6. The summed E-state index contributed by atoms with van der Waals surface area (Å²) in [7, 11) is 0. The van der Waals surface area contributed by atoms with E-state index in [1.807, 2.05) is 49.4 Å². The highest BCUT2D eigenvalue weighted by Crippen LogP contribution is 2.20. The molecule has 0 amide bonds. The Hall–Kier alpha value is -2.53. The SMILES string of the molecule is Cc1ccc2c(COC(=O)CSc3ccccc3)cc(=O)oc2c1. The predicted molar refractivity (Wildman–Crippen MR) is 94.2 cm³/mol. The fourth-order valence-electron chi connectivity index (χ4n) is 2.32. The third kappa shape index (κ3) is 4.06. The molecule has 5 heteroatoms. The molecule has 3 rings (SSSR count). The van der Waals surface area contributed by atoms with Gasteiger partial charge in [-0.15, -0.1) is 11.8 Å². The minimum absolute atomic E-state index is 0.0549. The molecule has 1 heterocycles. The molecule has 24 heavy (non-hydrogen) atoms. The van der Waals surface area contributed by atoms with Crippen LogP contribution in [-0.4, -0.2) is 11.7 Å². The van der Waals surface area contributed by atoms with E-state index in [9.17, 15) is 9.59 Å². The van der Waals surface area contributed by atoms with Gasteiger partial charge >= 0.3 is 11.6 Å². The van der Waals surface area contributed by atoms with E-state index in [1.54, 1.807) is 6.07 Å². The van der Waals surface area contributed by atoms with Crippen LogP contribution in [0.1, 0.15) is 11.1 Å². The fraction of sp³-hybridized carbons (Fsp3) is 0.158. The Balaban J connectivity index is 1.67. The molecule has 0 aliphatic carbocycles. The fourth-order valence-corrected chi connectivity index (χ4v) is 3.03. The number of aryl methyl sites for hydroxylation is 1. The molecular weight excluding hydrogens is 324 g/mol. The molecule has 0 spiro atoms. The van der Waals surface area contributed by atoms with Crippen molar-refractivity contribution >= 4 is 28.7 Å². The third-order valence-corrected chi connectivity index (χ3v) is 4.46. The number of rotatable bonds is 5. The molecule has 0 N–H and O–H groups in total. The zero-order chi connectivity index (χ0) is 16.9. The Bertz CT molecular complexity index is 916. The topological polar surface area (TPSA) is 56.5 Å².